The lowest BCUT2D eigenvalue weighted by Gasteiger charge is -2.15. The zero-order chi connectivity index (χ0) is 19.6. The van der Waals surface area contributed by atoms with Crippen molar-refractivity contribution in [3.8, 4) is 11.5 Å². The van der Waals surface area contributed by atoms with E-state index in [1.807, 2.05) is 18.2 Å². The first-order valence-electron chi connectivity index (χ1n) is 8.53. The van der Waals surface area contributed by atoms with E-state index in [2.05, 4.69) is 15.6 Å². The summed E-state index contributed by atoms with van der Waals surface area (Å²) in [4.78, 5) is 4.21. The molecular weight excluding hydrogens is 476 g/mol. The molecule has 8 heteroatoms. The number of ether oxygens (including phenoxy) is 3. The van der Waals surface area contributed by atoms with Gasteiger partial charge in [0.15, 0.2) is 5.96 Å². The zero-order valence-electron chi connectivity index (χ0n) is 16.5. The lowest BCUT2D eigenvalue weighted by Crippen LogP contribution is -2.36. The first kappa shape index (κ1) is 24.0. The second kappa shape index (κ2) is 12.4. The highest BCUT2D eigenvalue weighted by Crippen LogP contribution is 2.24. The van der Waals surface area contributed by atoms with Crippen molar-refractivity contribution in [3.05, 3.63) is 58.9 Å². The van der Waals surface area contributed by atoms with Gasteiger partial charge in [0.1, 0.15) is 17.3 Å². The molecule has 28 heavy (non-hydrogen) atoms. The molecule has 0 spiro atoms. The Morgan fingerprint density at radius 2 is 1.71 bits per heavy atom. The van der Waals surface area contributed by atoms with Crippen molar-refractivity contribution in [2.45, 2.75) is 19.7 Å². The second-order valence-corrected chi connectivity index (χ2v) is 5.82. The molecule has 2 rings (SSSR count). The van der Waals surface area contributed by atoms with Crippen molar-refractivity contribution in [3.63, 3.8) is 0 Å². The van der Waals surface area contributed by atoms with E-state index in [9.17, 15) is 4.39 Å². The topological polar surface area (TPSA) is 64.1 Å². The number of hydrogen-bond donors (Lipinski definition) is 2. The Labute approximate surface area is 182 Å². The van der Waals surface area contributed by atoms with Gasteiger partial charge in [0, 0.05) is 44.4 Å². The summed E-state index contributed by atoms with van der Waals surface area (Å²) in [5.74, 6) is 1.83. The van der Waals surface area contributed by atoms with Crippen LogP contribution < -0.4 is 20.1 Å². The van der Waals surface area contributed by atoms with Gasteiger partial charge in [0.25, 0.3) is 0 Å². The van der Waals surface area contributed by atoms with Gasteiger partial charge in [-0.1, -0.05) is 6.07 Å². The Hall–Kier alpha value is -2.07. The van der Waals surface area contributed by atoms with Crippen LogP contribution >= 0.6 is 24.0 Å². The second-order valence-electron chi connectivity index (χ2n) is 5.82. The van der Waals surface area contributed by atoms with Crippen LogP contribution in [0.15, 0.2) is 41.4 Å². The molecule has 0 saturated carbocycles. The number of benzene rings is 2. The molecule has 0 unspecified atom stereocenters. The molecule has 0 saturated heterocycles. The number of nitrogens with zero attached hydrogens (tertiary/aromatic N) is 1. The molecule has 0 radical (unpaired) electrons. The first-order valence-corrected chi connectivity index (χ1v) is 8.53. The maximum atomic E-state index is 13.7. The van der Waals surface area contributed by atoms with Crippen LogP contribution in [-0.2, 0) is 24.4 Å². The minimum absolute atomic E-state index is 0. The third-order valence-electron chi connectivity index (χ3n) is 4.03. The molecule has 0 aliphatic carbocycles. The van der Waals surface area contributed by atoms with E-state index in [1.54, 1.807) is 40.5 Å². The average molecular weight is 503 g/mol. The third kappa shape index (κ3) is 6.83. The Morgan fingerprint density at radius 3 is 2.36 bits per heavy atom. The van der Waals surface area contributed by atoms with Crippen molar-refractivity contribution >= 4 is 29.9 Å². The molecule has 2 aromatic carbocycles. The fourth-order valence-corrected chi connectivity index (χ4v) is 2.59. The molecular formula is C20H27FIN3O3. The molecule has 0 aliphatic heterocycles. The summed E-state index contributed by atoms with van der Waals surface area (Å²) in [6.45, 7) is 1.28. The van der Waals surface area contributed by atoms with Gasteiger partial charge in [0.2, 0.25) is 0 Å². The van der Waals surface area contributed by atoms with Gasteiger partial charge in [-0.05, 0) is 29.8 Å². The SMILES string of the molecule is CN=C(NCc1ccc(F)c(COC)c1)NCc1ccc(OC)cc1OC.I. The normalized spacial score (nSPS) is 10.8. The van der Waals surface area contributed by atoms with Crippen LogP contribution in [0.1, 0.15) is 16.7 Å². The molecule has 0 amide bonds. The van der Waals surface area contributed by atoms with Crippen molar-refractivity contribution < 1.29 is 18.6 Å². The van der Waals surface area contributed by atoms with Gasteiger partial charge in [-0.3, -0.25) is 4.99 Å². The maximum absolute atomic E-state index is 13.7. The molecule has 2 N–H and O–H groups in total. The molecule has 0 heterocycles. The summed E-state index contributed by atoms with van der Waals surface area (Å²) in [6.07, 6.45) is 0. The molecule has 0 aliphatic rings. The van der Waals surface area contributed by atoms with Gasteiger partial charge >= 0.3 is 0 Å². The fraction of sp³-hybridized carbons (Fsp3) is 0.350. The highest BCUT2D eigenvalue weighted by atomic mass is 127. The van der Waals surface area contributed by atoms with Crippen LogP contribution in [0.4, 0.5) is 4.39 Å². The van der Waals surface area contributed by atoms with Crippen molar-refractivity contribution in [1.82, 2.24) is 10.6 Å². The minimum Gasteiger partial charge on any atom is -0.497 e. The molecule has 0 fully saturated rings. The number of nitrogens with one attached hydrogen (secondary N) is 2. The predicted octanol–water partition coefficient (Wildman–Crippen LogP) is 3.47. The number of rotatable bonds is 8. The quantitative estimate of drug-likeness (QED) is 0.328. The van der Waals surface area contributed by atoms with Crippen LogP contribution in [0.25, 0.3) is 0 Å². The van der Waals surface area contributed by atoms with Gasteiger partial charge in [-0.15, -0.1) is 24.0 Å². The first-order chi connectivity index (χ1) is 13.1. The van der Waals surface area contributed by atoms with Gasteiger partial charge in [-0.25, -0.2) is 4.39 Å². The van der Waals surface area contributed by atoms with Crippen LogP contribution in [0.2, 0.25) is 0 Å². The van der Waals surface area contributed by atoms with Crippen LogP contribution in [-0.4, -0.2) is 34.3 Å². The summed E-state index contributed by atoms with van der Waals surface area (Å²) in [5, 5.41) is 6.45. The van der Waals surface area contributed by atoms with E-state index in [0.29, 0.717) is 24.6 Å². The summed E-state index contributed by atoms with van der Waals surface area (Å²) in [5.41, 5.74) is 2.45. The molecule has 0 aromatic heterocycles. The largest absolute Gasteiger partial charge is 0.497 e. The Morgan fingerprint density at radius 1 is 0.964 bits per heavy atom. The summed E-state index contributed by atoms with van der Waals surface area (Å²) < 4.78 is 29.3. The highest BCUT2D eigenvalue weighted by molar-refractivity contribution is 14.0. The number of halogens is 2. The van der Waals surface area contributed by atoms with Crippen molar-refractivity contribution in [2.75, 3.05) is 28.4 Å². The van der Waals surface area contributed by atoms with Crippen LogP contribution in [0.5, 0.6) is 11.5 Å². The standard InChI is InChI=1S/C20H26FN3O3.HI/c1-22-20(23-11-14-5-8-18(21)16(9-14)13-25-2)24-12-15-6-7-17(26-3)10-19(15)27-4;/h5-10H,11-13H2,1-4H3,(H2,22,23,24);1H. The van der Waals surface area contributed by atoms with E-state index in [0.717, 1.165) is 22.6 Å². The van der Waals surface area contributed by atoms with Gasteiger partial charge < -0.3 is 24.8 Å². The molecule has 0 atom stereocenters. The van der Waals surface area contributed by atoms with Crippen LogP contribution in [0, 0.1) is 5.82 Å². The number of hydrogen-bond acceptors (Lipinski definition) is 4. The highest BCUT2D eigenvalue weighted by Gasteiger charge is 2.07. The maximum Gasteiger partial charge on any atom is 0.191 e. The summed E-state index contributed by atoms with van der Waals surface area (Å²) in [7, 11) is 6.48. The Balaban J connectivity index is 0.00000392. The molecule has 154 valence electrons. The van der Waals surface area contributed by atoms with E-state index in [4.69, 9.17) is 14.2 Å². The molecule has 0 bridgehead atoms. The van der Waals surface area contributed by atoms with Crippen molar-refractivity contribution in [1.29, 1.82) is 0 Å². The predicted molar refractivity (Wildman–Crippen MR) is 119 cm³/mol. The Bertz CT molecular complexity index is 787. The van der Waals surface area contributed by atoms with Crippen LogP contribution in [0.3, 0.4) is 0 Å². The lowest BCUT2D eigenvalue weighted by atomic mass is 10.1. The third-order valence-corrected chi connectivity index (χ3v) is 4.03. The monoisotopic (exact) mass is 503 g/mol. The van der Waals surface area contributed by atoms with E-state index in [-0.39, 0.29) is 36.4 Å². The van der Waals surface area contributed by atoms with E-state index >= 15 is 0 Å². The molecule has 6 nitrogen and oxygen atoms in total. The van der Waals surface area contributed by atoms with Gasteiger partial charge in [-0.2, -0.15) is 0 Å². The Kier molecular flexibility index (Phi) is 10.6. The van der Waals surface area contributed by atoms with E-state index in [1.165, 1.54) is 6.07 Å². The van der Waals surface area contributed by atoms with Crippen molar-refractivity contribution in [2.24, 2.45) is 4.99 Å². The minimum atomic E-state index is -0.269. The summed E-state index contributed by atoms with van der Waals surface area (Å²) in [6, 6.07) is 10.6. The fourth-order valence-electron chi connectivity index (χ4n) is 2.59. The number of aliphatic imine (C=N–C) groups is 1. The number of methoxy groups -OCH3 is 3. The summed E-state index contributed by atoms with van der Waals surface area (Å²) >= 11 is 0. The van der Waals surface area contributed by atoms with Gasteiger partial charge in [0.05, 0.1) is 20.8 Å². The average Bonchev–Trinajstić information content (AvgIpc) is 2.70. The van der Waals surface area contributed by atoms with E-state index < -0.39 is 0 Å². The lowest BCUT2D eigenvalue weighted by molar-refractivity contribution is 0.181. The molecule has 2 aromatic rings. The number of guanidine groups is 1. The smallest absolute Gasteiger partial charge is 0.191 e. The zero-order valence-corrected chi connectivity index (χ0v) is 18.9.